The predicted octanol–water partition coefficient (Wildman–Crippen LogP) is 4.42. The maximum atomic E-state index is 13.5. The molecule has 1 aliphatic heterocycles. The molecule has 3 aromatic carbocycles. The lowest BCUT2D eigenvalue weighted by Gasteiger charge is -2.21. The minimum absolute atomic E-state index is 0.325. The topological polar surface area (TPSA) is 49.9 Å². The lowest BCUT2D eigenvalue weighted by Crippen LogP contribution is -2.34. The van der Waals surface area contributed by atoms with Crippen molar-refractivity contribution in [3.05, 3.63) is 101 Å². The first-order valence-corrected chi connectivity index (χ1v) is 10.1. The van der Waals surface area contributed by atoms with Gasteiger partial charge in [0.05, 0.1) is 18.4 Å². The third-order valence-corrected chi connectivity index (χ3v) is 5.37. The fourth-order valence-electron chi connectivity index (χ4n) is 3.75. The number of rotatable bonds is 6. The van der Waals surface area contributed by atoms with Crippen LogP contribution in [0.5, 0.6) is 5.75 Å². The Morgan fingerprint density at radius 2 is 1.48 bits per heavy atom. The number of hydrogen-bond acceptors (Lipinski definition) is 4. The van der Waals surface area contributed by atoms with E-state index >= 15 is 0 Å². The van der Waals surface area contributed by atoms with Gasteiger partial charge in [0.15, 0.2) is 0 Å². The lowest BCUT2D eigenvalue weighted by molar-refractivity contribution is -0.120. The second kappa shape index (κ2) is 8.48. The molecule has 156 valence electrons. The van der Waals surface area contributed by atoms with E-state index in [4.69, 9.17) is 4.74 Å². The van der Waals surface area contributed by atoms with E-state index in [-0.39, 0.29) is 11.8 Å². The summed E-state index contributed by atoms with van der Waals surface area (Å²) in [4.78, 5) is 30.1. The van der Waals surface area contributed by atoms with Crippen molar-refractivity contribution < 1.29 is 14.3 Å². The van der Waals surface area contributed by atoms with Crippen molar-refractivity contribution in [2.24, 2.45) is 0 Å². The molecule has 1 heterocycles. The molecule has 1 aliphatic rings. The molecule has 0 aliphatic carbocycles. The van der Waals surface area contributed by atoms with Crippen LogP contribution < -0.4 is 9.64 Å². The molecule has 0 aromatic heterocycles. The Bertz CT molecular complexity index is 1130. The maximum Gasteiger partial charge on any atom is 0.282 e. The van der Waals surface area contributed by atoms with Gasteiger partial charge in [0.25, 0.3) is 11.8 Å². The monoisotopic (exact) mass is 412 g/mol. The number of amides is 2. The Morgan fingerprint density at radius 1 is 0.839 bits per heavy atom. The van der Waals surface area contributed by atoms with E-state index in [0.29, 0.717) is 29.3 Å². The van der Waals surface area contributed by atoms with Crippen LogP contribution >= 0.6 is 0 Å². The van der Waals surface area contributed by atoms with Crippen LogP contribution in [0.2, 0.25) is 0 Å². The van der Waals surface area contributed by atoms with Crippen molar-refractivity contribution in [1.82, 2.24) is 4.90 Å². The Kier molecular flexibility index (Phi) is 5.58. The average molecular weight is 412 g/mol. The molecule has 31 heavy (non-hydrogen) atoms. The first kappa shape index (κ1) is 20.4. The number of anilines is 1. The van der Waals surface area contributed by atoms with Crippen molar-refractivity contribution >= 4 is 23.1 Å². The number of likely N-dealkylation sites (N-methyl/N-ethyl adjacent to an activating group) is 1. The first-order chi connectivity index (χ1) is 15.0. The van der Waals surface area contributed by atoms with Crippen molar-refractivity contribution in [3.8, 4) is 5.75 Å². The molecular weight excluding hydrogens is 388 g/mol. The molecular formula is C26H24N2O3. The van der Waals surface area contributed by atoms with Crippen molar-refractivity contribution in [2.45, 2.75) is 13.5 Å². The van der Waals surface area contributed by atoms with Crippen LogP contribution in [0.3, 0.4) is 0 Å². The Hall–Kier alpha value is -3.86. The molecule has 0 atom stereocenters. The lowest BCUT2D eigenvalue weighted by atomic mass is 10.0. The van der Waals surface area contributed by atoms with Gasteiger partial charge in [0.1, 0.15) is 11.4 Å². The molecule has 0 radical (unpaired) electrons. The summed E-state index contributed by atoms with van der Waals surface area (Å²) >= 11 is 0. The maximum absolute atomic E-state index is 13.5. The summed E-state index contributed by atoms with van der Waals surface area (Å²) in [5.74, 6) is 0.00841. The minimum atomic E-state index is -0.329. The number of methoxy groups -OCH3 is 1. The number of aryl methyl sites for hydroxylation is 1. The number of benzene rings is 3. The summed E-state index contributed by atoms with van der Waals surface area (Å²) in [7, 11) is 3.42. The summed E-state index contributed by atoms with van der Waals surface area (Å²) in [6, 6.07) is 24.5. The molecule has 0 saturated carbocycles. The van der Waals surface area contributed by atoms with Crippen molar-refractivity contribution in [3.63, 3.8) is 0 Å². The quantitative estimate of drug-likeness (QED) is 0.563. The van der Waals surface area contributed by atoms with Gasteiger partial charge in [-0.1, -0.05) is 60.2 Å². The third-order valence-electron chi connectivity index (χ3n) is 5.37. The summed E-state index contributed by atoms with van der Waals surface area (Å²) < 4.78 is 5.21. The van der Waals surface area contributed by atoms with Gasteiger partial charge in [-0.2, -0.15) is 0 Å². The number of ether oxygens (including phenoxy) is 1. The fourth-order valence-corrected chi connectivity index (χ4v) is 3.75. The molecule has 4 rings (SSSR count). The molecule has 0 spiro atoms. The van der Waals surface area contributed by atoms with E-state index in [1.165, 1.54) is 4.90 Å². The van der Waals surface area contributed by atoms with Gasteiger partial charge in [0, 0.05) is 13.6 Å². The zero-order valence-electron chi connectivity index (χ0n) is 17.8. The largest absolute Gasteiger partial charge is 0.497 e. The van der Waals surface area contributed by atoms with Crippen LogP contribution in [-0.2, 0) is 16.1 Å². The molecule has 0 bridgehead atoms. The van der Waals surface area contributed by atoms with Gasteiger partial charge in [-0.05, 0) is 42.3 Å². The Morgan fingerprint density at radius 3 is 2.10 bits per heavy atom. The Balaban J connectivity index is 1.77. The number of hydrogen-bond donors (Lipinski definition) is 0. The predicted molar refractivity (Wildman–Crippen MR) is 121 cm³/mol. The summed E-state index contributed by atoms with van der Waals surface area (Å²) in [6.07, 6.45) is 0. The van der Waals surface area contributed by atoms with Gasteiger partial charge in [-0.3, -0.25) is 9.59 Å². The third kappa shape index (κ3) is 3.94. The minimum Gasteiger partial charge on any atom is -0.497 e. The van der Waals surface area contributed by atoms with E-state index in [0.717, 1.165) is 16.7 Å². The molecule has 5 heteroatoms. The smallest absolute Gasteiger partial charge is 0.282 e. The highest BCUT2D eigenvalue weighted by atomic mass is 16.5. The molecule has 0 fully saturated rings. The van der Waals surface area contributed by atoms with Gasteiger partial charge in [0.2, 0.25) is 0 Å². The summed E-state index contributed by atoms with van der Waals surface area (Å²) in [5.41, 5.74) is 4.21. The van der Waals surface area contributed by atoms with E-state index in [9.17, 15) is 9.59 Å². The molecule has 5 nitrogen and oxygen atoms in total. The highest BCUT2D eigenvalue weighted by Crippen LogP contribution is 2.35. The van der Waals surface area contributed by atoms with Gasteiger partial charge in [-0.15, -0.1) is 0 Å². The van der Waals surface area contributed by atoms with Crippen molar-refractivity contribution in [2.75, 3.05) is 19.1 Å². The second-order valence-electron chi connectivity index (χ2n) is 7.58. The standard InChI is InChI=1S/C26H24N2O3/c1-18-9-11-20(12-10-18)23-24(27(2)17-19-7-5-4-6-8-19)26(30)28(25(23)29)21-13-15-22(31-3)16-14-21/h4-16H,17H2,1-3H3. The SMILES string of the molecule is COc1ccc(N2C(=O)C(c3ccc(C)cc3)=C(N(C)Cc3ccccc3)C2=O)cc1. The number of carbonyl (C=O) groups is 2. The van der Waals surface area contributed by atoms with Crippen LogP contribution in [-0.4, -0.2) is 30.9 Å². The van der Waals surface area contributed by atoms with E-state index < -0.39 is 0 Å². The summed E-state index contributed by atoms with van der Waals surface area (Å²) in [6.45, 7) is 2.51. The highest BCUT2D eigenvalue weighted by molar-refractivity contribution is 6.45. The summed E-state index contributed by atoms with van der Waals surface area (Å²) in [5, 5.41) is 0. The Labute approximate surface area is 182 Å². The van der Waals surface area contributed by atoms with Gasteiger partial charge in [-0.25, -0.2) is 4.90 Å². The average Bonchev–Trinajstić information content (AvgIpc) is 3.05. The van der Waals surface area contributed by atoms with Gasteiger partial charge >= 0.3 is 0 Å². The van der Waals surface area contributed by atoms with Crippen LogP contribution in [0, 0.1) is 6.92 Å². The van der Waals surface area contributed by atoms with Crippen LogP contribution in [0.15, 0.2) is 84.6 Å². The van der Waals surface area contributed by atoms with Crippen LogP contribution in [0.25, 0.3) is 5.57 Å². The molecule has 0 unspecified atom stereocenters. The van der Waals surface area contributed by atoms with Crippen molar-refractivity contribution in [1.29, 1.82) is 0 Å². The molecule has 2 amide bonds. The van der Waals surface area contributed by atoms with Crippen LogP contribution in [0.1, 0.15) is 16.7 Å². The van der Waals surface area contributed by atoms with E-state index in [1.807, 2.05) is 73.5 Å². The van der Waals surface area contributed by atoms with Crippen LogP contribution in [0.4, 0.5) is 5.69 Å². The molecule has 3 aromatic rings. The van der Waals surface area contributed by atoms with E-state index in [2.05, 4.69) is 0 Å². The molecule has 0 saturated heterocycles. The number of nitrogens with zero attached hydrogens (tertiary/aromatic N) is 2. The normalized spacial score (nSPS) is 13.7. The number of imide groups is 1. The highest BCUT2D eigenvalue weighted by Gasteiger charge is 2.41. The zero-order valence-corrected chi connectivity index (χ0v) is 17.8. The second-order valence-corrected chi connectivity index (χ2v) is 7.58. The first-order valence-electron chi connectivity index (χ1n) is 10.1. The van der Waals surface area contributed by atoms with E-state index in [1.54, 1.807) is 31.4 Å². The molecule has 0 N–H and O–H groups in total. The van der Waals surface area contributed by atoms with Gasteiger partial charge < -0.3 is 9.64 Å². The number of carbonyl (C=O) groups excluding carboxylic acids is 2. The zero-order chi connectivity index (χ0) is 22.0. The fraction of sp³-hybridized carbons (Fsp3) is 0.154.